The number of sulfonamides is 1. The van der Waals surface area contributed by atoms with Gasteiger partial charge < -0.3 is 10.0 Å². The van der Waals surface area contributed by atoms with Crippen molar-refractivity contribution in [2.75, 3.05) is 20.1 Å². The molecule has 0 saturated carbocycles. The van der Waals surface area contributed by atoms with Crippen LogP contribution in [0.3, 0.4) is 0 Å². The predicted octanol–water partition coefficient (Wildman–Crippen LogP) is 0.896. The van der Waals surface area contributed by atoms with Crippen molar-refractivity contribution >= 4 is 16.0 Å². The molecule has 6 nitrogen and oxygen atoms in total. The summed E-state index contributed by atoms with van der Waals surface area (Å²) < 4.78 is 40.7. The van der Waals surface area contributed by atoms with Gasteiger partial charge >= 0.3 is 5.97 Å². The third-order valence-corrected chi connectivity index (χ3v) is 4.97. The molecule has 1 aliphatic rings. The molecule has 1 aromatic rings. The average molecular weight is 316 g/mol. The highest BCUT2D eigenvalue weighted by molar-refractivity contribution is 7.89. The molecule has 2 N–H and O–H groups in total. The van der Waals surface area contributed by atoms with E-state index >= 15 is 0 Å². The minimum absolute atomic E-state index is 0.271. The molecule has 0 spiro atoms. The van der Waals surface area contributed by atoms with E-state index in [9.17, 15) is 17.6 Å². The second kappa shape index (κ2) is 6.08. The van der Waals surface area contributed by atoms with Crippen LogP contribution >= 0.6 is 0 Å². The van der Waals surface area contributed by atoms with Crippen molar-refractivity contribution in [1.82, 2.24) is 9.62 Å². The summed E-state index contributed by atoms with van der Waals surface area (Å²) in [5, 5.41) is 8.76. The Labute approximate surface area is 122 Å². The Bertz CT molecular complexity index is 648. The fourth-order valence-electron chi connectivity index (χ4n) is 2.40. The molecule has 1 fully saturated rings. The number of aromatic carboxylic acids is 1. The van der Waals surface area contributed by atoms with Crippen LogP contribution in [0.2, 0.25) is 0 Å². The molecule has 21 heavy (non-hydrogen) atoms. The van der Waals surface area contributed by atoms with Gasteiger partial charge in [-0.1, -0.05) is 0 Å². The summed E-state index contributed by atoms with van der Waals surface area (Å²) in [6.07, 6.45) is 1.56. The molecule has 0 radical (unpaired) electrons. The number of piperidine rings is 1. The van der Waals surface area contributed by atoms with E-state index in [-0.39, 0.29) is 11.6 Å². The van der Waals surface area contributed by atoms with E-state index in [1.54, 1.807) is 0 Å². The van der Waals surface area contributed by atoms with Crippen LogP contribution in [0.25, 0.3) is 0 Å². The van der Waals surface area contributed by atoms with Crippen LogP contribution in [0.1, 0.15) is 23.2 Å². The third-order valence-electron chi connectivity index (χ3n) is 3.41. The van der Waals surface area contributed by atoms with E-state index in [0.29, 0.717) is 19.0 Å². The fraction of sp³-hybridized carbons (Fsp3) is 0.462. The number of likely N-dealkylation sites (N-methyl/N-ethyl adjacent to an activating group) is 1. The van der Waals surface area contributed by atoms with Gasteiger partial charge in [-0.25, -0.2) is 22.3 Å². The zero-order valence-electron chi connectivity index (χ0n) is 11.5. The van der Waals surface area contributed by atoms with Crippen molar-refractivity contribution in [2.45, 2.75) is 23.8 Å². The van der Waals surface area contributed by atoms with Crippen LogP contribution in [-0.2, 0) is 10.0 Å². The Balaban J connectivity index is 2.21. The summed E-state index contributed by atoms with van der Waals surface area (Å²) in [5.74, 6) is -2.37. The number of carbonyl (C=O) groups is 1. The largest absolute Gasteiger partial charge is 0.478 e. The number of hydrogen-bond acceptors (Lipinski definition) is 4. The zero-order valence-corrected chi connectivity index (χ0v) is 12.4. The van der Waals surface area contributed by atoms with Crippen molar-refractivity contribution in [2.24, 2.45) is 0 Å². The number of carboxylic acids is 1. The summed E-state index contributed by atoms with van der Waals surface area (Å²) in [7, 11) is -2.11. The first-order valence-electron chi connectivity index (χ1n) is 6.53. The summed E-state index contributed by atoms with van der Waals surface area (Å²) in [6.45, 7) is 1.47. The van der Waals surface area contributed by atoms with Gasteiger partial charge in [0, 0.05) is 12.6 Å². The van der Waals surface area contributed by atoms with Crippen LogP contribution in [0.4, 0.5) is 4.39 Å². The van der Waals surface area contributed by atoms with E-state index in [1.165, 1.54) is 0 Å². The molecule has 1 atom stereocenters. The number of hydrogen-bond donors (Lipinski definition) is 2. The van der Waals surface area contributed by atoms with Crippen molar-refractivity contribution in [3.8, 4) is 0 Å². The molecule has 2 rings (SSSR count). The van der Waals surface area contributed by atoms with Gasteiger partial charge in [-0.3, -0.25) is 0 Å². The first-order valence-corrected chi connectivity index (χ1v) is 8.01. The van der Waals surface area contributed by atoms with Gasteiger partial charge in [0.2, 0.25) is 10.0 Å². The molecule has 0 aromatic heterocycles. The lowest BCUT2D eigenvalue weighted by molar-refractivity contribution is 0.0696. The molecule has 8 heteroatoms. The lowest BCUT2D eigenvalue weighted by atomic mass is 10.1. The van der Waals surface area contributed by atoms with E-state index in [1.807, 2.05) is 11.9 Å². The van der Waals surface area contributed by atoms with E-state index in [2.05, 4.69) is 4.72 Å². The molecule has 1 aliphatic heterocycles. The smallest absolute Gasteiger partial charge is 0.335 e. The van der Waals surface area contributed by atoms with Crippen LogP contribution in [0.5, 0.6) is 0 Å². The second-order valence-corrected chi connectivity index (χ2v) is 6.86. The quantitative estimate of drug-likeness (QED) is 0.862. The van der Waals surface area contributed by atoms with Crippen molar-refractivity contribution in [3.05, 3.63) is 29.6 Å². The number of carboxylic acid groups (broad SMARTS) is 1. The first-order chi connectivity index (χ1) is 9.79. The van der Waals surface area contributed by atoms with Gasteiger partial charge in [0.05, 0.1) is 5.56 Å². The van der Waals surface area contributed by atoms with Crippen LogP contribution < -0.4 is 4.72 Å². The van der Waals surface area contributed by atoms with Crippen molar-refractivity contribution < 1.29 is 22.7 Å². The zero-order chi connectivity index (χ0) is 15.6. The van der Waals surface area contributed by atoms with Crippen LogP contribution in [0, 0.1) is 5.82 Å². The maximum Gasteiger partial charge on any atom is 0.335 e. The lowest BCUT2D eigenvalue weighted by Crippen LogP contribution is -2.46. The fourth-order valence-corrected chi connectivity index (χ4v) is 3.72. The number of nitrogens with one attached hydrogen (secondary N) is 1. The number of rotatable bonds is 4. The summed E-state index contributed by atoms with van der Waals surface area (Å²) in [5.41, 5.74) is -0.288. The highest BCUT2D eigenvalue weighted by Crippen LogP contribution is 2.18. The van der Waals surface area contributed by atoms with Crippen LogP contribution in [0.15, 0.2) is 23.1 Å². The Morgan fingerprint density at radius 2 is 2.19 bits per heavy atom. The van der Waals surface area contributed by atoms with Crippen molar-refractivity contribution in [3.63, 3.8) is 0 Å². The van der Waals surface area contributed by atoms with Crippen molar-refractivity contribution in [1.29, 1.82) is 0 Å². The summed E-state index contributed by atoms with van der Waals surface area (Å²) in [4.78, 5) is 12.2. The van der Waals surface area contributed by atoms with Gasteiger partial charge in [0.1, 0.15) is 10.7 Å². The average Bonchev–Trinajstić information content (AvgIpc) is 2.37. The van der Waals surface area contributed by atoms with E-state index in [4.69, 9.17) is 5.11 Å². The van der Waals surface area contributed by atoms with Gasteiger partial charge in [-0.05, 0) is 44.6 Å². The van der Waals surface area contributed by atoms with Gasteiger partial charge in [0.25, 0.3) is 0 Å². The second-order valence-electron chi connectivity index (χ2n) is 5.17. The number of nitrogens with zero attached hydrogens (tertiary/aromatic N) is 1. The maximum absolute atomic E-state index is 13.8. The molecular formula is C13H17FN2O4S. The lowest BCUT2D eigenvalue weighted by Gasteiger charge is -2.30. The number of likely N-dealkylation sites (tertiary alicyclic amines) is 1. The topological polar surface area (TPSA) is 86.7 Å². The van der Waals surface area contributed by atoms with Gasteiger partial charge in [-0.15, -0.1) is 0 Å². The summed E-state index contributed by atoms with van der Waals surface area (Å²) >= 11 is 0. The Morgan fingerprint density at radius 1 is 1.48 bits per heavy atom. The molecule has 0 aliphatic carbocycles. The molecule has 0 bridgehead atoms. The predicted molar refractivity (Wildman–Crippen MR) is 74.2 cm³/mol. The molecule has 1 heterocycles. The molecule has 1 unspecified atom stereocenters. The van der Waals surface area contributed by atoms with Gasteiger partial charge in [-0.2, -0.15) is 0 Å². The number of halogens is 1. The van der Waals surface area contributed by atoms with E-state index in [0.717, 1.165) is 25.1 Å². The molecule has 1 aromatic carbocycles. The van der Waals surface area contributed by atoms with Crippen LogP contribution in [-0.4, -0.2) is 50.6 Å². The Morgan fingerprint density at radius 3 is 2.76 bits per heavy atom. The standard InChI is InChI=1S/C13H17FN2O4S/c1-16-6-2-3-10(8-16)15-21(19,20)12-5-4-9(13(17)18)7-11(12)14/h4-5,7,10,15H,2-3,6,8H2,1H3,(H,17,18). The Hall–Kier alpha value is -1.51. The molecular weight excluding hydrogens is 299 g/mol. The third kappa shape index (κ3) is 3.78. The molecule has 1 saturated heterocycles. The monoisotopic (exact) mass is 316 g/mol. The first kappa shape index (κ1) is 15.9. The highest BCUT2D eigenvalue weighted by Gasteiger charge is 2.26. The summed E-state index contributed by atoms with van der Waals surface area (Å²) in [6, 6.07) is 2.50. The highest BCUT2D eigenvalue weighted by atomic mass is 32.2. The SMILES string of the molecule is CN1CCCC(NS(=O)(=O)c2ccc(C(=O)O)cc2F)C1. The number of benzene rings is 1. The normalized spacial score (nSPS) is 20.4. The minimum Gasteiger partial charge on any atom is -0.478 e. The molecule has 116 valence electrons. The minimum atomic E-state index is -4.00. The van der Waals surface area contributed by atoms with E-state index < -0.39 is 26.7 Å². The Kier molecular flexibility index (Phi) is 4.60. The molecule has 0 amide bonds. The maximum atomic E-state index is 13.8. The van der Waals surface area contributed by atoms with Gasteiger partial charge in [0.15, 0.2) is 0 Å².